The summed E-state index contributed by atoms with van der Waals surface area (Å²) in [5, 5.41) is 54.8. The number of rotatable bonds is 68. The van der Waals surface area contributed by atoms with Gasteiger partial charge >= 0.3 is 0 Å². The molecule has 1 heterocycles. The topological polar surface area (TPSA) is 149 Å². The third-order valence-corrected chi connectivity index (χ3v) is 18.4. The van der Waals surface area contributed by atoms with Crippen LogP contribution in [0, 0.1) is 0 Å². The highest BCUT2D eigenvalue weighted by Gasteiger charge is 2.44. The molecule has 0 aromatic carbocycles. The summed E-state index contributed by atoms with van der Waals surface area (Å²) in [6, 6.07) is -0.828. The van der Waals surface area contributed by atoms with E-state index in [1.54, 1.807) is 6.08 Å². The van der Waals surface area contributed by atoms with E-state index in [1.165, 1.54) is 327 Å². The molecule has 0 spiro atoms. The summed E-state index contributed by atoms with van der Waals surface area (Å²) in [7, 11) is 0. The van der Waals surface area contributed by atoms with Crippen molar-refractivity contribution in [3.05, 3.63) is 36.5 Å². The fourth-order valence-corrected chi connectivity index (χ4v) is 12.5. The van der Waals surface area contributed by atoms with E-state index in [4.69, 9.17) is 9.47 Å². The van der Waals surface area contributed by atoms with Gasteiger partial charge in [0.25, 0.3) is 0 Å². The van der Waals surface area contributed by atoms with Crippen molar-refractivity contribution in [3.63, 3.8) is 0 Å². The van der Waals surface area contributed by atoms with Gasteiger partial charge in [-0.25, -0.2) is 0 Å². The van der Waals surface area contributed by atoms with Gasteiger partial charge in [0.05, 0.1) is 25.4 Å². The summed E-state index contributed by atoms with van der Waals surface area (Å²) in [4.78, 5) is 13.1. The number of nitrogens with one attached hydrogen (secondary N) is 1. The second kappa shape index (κ2) is 66.3. The van der Waals surface area contributed by atoms with Crippen LogP contribution in [0.25, 0.3) is 0 Å². The van der Waals surface area contributed by atoms with Crippen molar-refractivity contribution in [2.75, 3.05) is 13.2 Å². The molecule has 0 aliphatic carbocycles. The van der Waals surface area contributed by atoms with Crippen molar-refractivity contribution in [1.82, 2.24) is 5.32 Å². The van der Waals surface area contributed by atoms with Gasteiger partial charge in [-0.2, -0.15) is 0 Å². The minimum absolute atomic E-state index is 0.182. The average Bonchev–Trinajstić information content (AvgIpc) is 3.35. The van der Waals surface area contributed by atoms with Gasteiger partial charge in [0.1, 0.15) is 24.4 Å². The van der Waals surface area contributed by atoms with E-state index in [-0.39, 0.29) is 12.5 Å². The number of allylic oxidation sites excluding steroid dienone is 5. The molecule has 1 amide bonds. The number of aliphatic hydroxyl groups excluding tert-OH is 5. The van der Waals surface area contributed by atoms with E-state index in [0.29, 0.717) is 6.42 Å². The largest absolute Gasteiger partial charge is 0.394 e. The van der Waals surface area contributed by atoms with Gasteiger partial charge in [-0.05, 0) is 44.9 Å². The fourth-order valence-electron chi connectivity index (χ4n) is 12.5. The number of hydrogen-bond donors (Lipinski definition) is 6. The molecule has 9 heteroatoms. The van der Waals surface area contributed by atoms with Crippen LogP contribution in [0.2, 0.25) is 0 Å². The Balaban J connectivity index is 2.12. The van der Waals surface area contributed by atoms with Crippen molar-refractivity contribution in [1.29, 1.82) is 0 Å². The molecule has 1 saturated heterocycles. The van der Waals surface area contributed by atoms with Gasteiger partial charge in [-0.1, -0.05) is 378 Å². The van der Waals surface area contributed by atoms with Gasteiger partial charge in [-0.3, -0.25) is 4.79 Å². The zero-order chi connectivity index (χ0) is 62.1. The van der Waals surface area contributed by atoms with Crippen molar-refractivity contribution in [2.24, 2.45) is 0 Å². The maximum absolute atomic E-state index is 13.1. The molecule has 86 heavy (non-hydrogen) atoms. The van der Waals surface area contributed by atoms with E-state index in [1.807, 2.05) is 6.08 Å². The highest BCUT2D eigenvalue weighted by molar-refractivity contribution is 5.76. The first-order valence-corrected chi connectivity index (χ1v) is 38.2. The second-order valence-corrected chi connectivity index (χ2v) is 26.8. The van der Waals surface area contributed by atoms with Crippen LogP contribution in [0.1, 0.15) is 393 Å². The van der Waals surface area contributed by atoms with Crippen molar-refractivity contribution >= 4 is 5.91 Å². The van der Waals surface area contributed by atoms with Crippen LogP contribution in [0.4, 0.5) is 0 Å². The monoisotopic (exact) mass is 1210 g/mol. The number of carbonyl (C=O) groups excluding carboxylic acids is 1. The zero-order valence-corrected chi connectivity index (χ0v) is 57.1. The van der Waals surface area contributed by atoms with Crippen molar-refractivity contribution < 1.29 is 39.8 Å². The third-order valence-electron chi connectivity index (χ3n) is 18.4. The molecule has 0 radical (unpaired) electrons. The first-order valence-electron chi connectivity index (χ1n) is 38.2. The number of ether oxygens (including phenoxy) is 2. The Bertz CT molecular complexity index is 1450. The van der Waals surface area contributed by atoms with Crippen LogP contribution >= 0.6 is 0 Å². The Morgan fingerprint density at radius 3 is 0.977 bits per heavy atom. The van der Waals surface area contributed by atoms with Crippen LogP contribution in [0.3, 0.4) is 0 Å². The molecule has 0 aromatic rings. The van der Waals surface area contributed by atoms with Gasteiger partial charge < -0.3 is 40.3 Å². The number of hydrogen-bond acceptors (Lipinski definition) is 8. The lowest BCUT2D eigenvalue weighted by Crippen LogP contribution is -2.60. The van der Waals surface area contributed by atoms with Crippen LogP contribution in [0.15, 0.2) is 36.5 Å². The highest BCUT2D eigenvalue weighted by Crippen LogP contribution is 2.24. The maximum atomic E-state index is 13.1. The molecule has 7 atom stereocenters. The Labute approximate surface area is 533 Å². The maximum Gasteiger partial charge on any atom is 0.220 e. The molecule has 7 unspecified atom stereocenters. The van der Waals surface area contributed by atoms with Crippen molar-refractivity contribution in [3.8, 4) is 0 Å². The molecule has 1 fully saturated rings. The first-order chi connectivity index (χ1) is 42.3. The van der Waals surface area contributed by atoms with Gasteiger partial charge in [0, 0.05) is 6.42 Å². The number of aliphatic hydroxyl groups is 5. The molecule has 6 N–H and O–H groups in total. The summed E-state index contributed by atoms with van der Waals surface area (Å²) in [5.41, 5.74) is 0. The predicted octanol–water partition coefficient (Wildman–Crippen LogP) is 21.4. The molecule has 1 aliphatic rings. The minimum Gasteiger partial charge on any atom is -0.394 e. The van der Waals surface area contributed by atoms with Crippen LogP contribution in [-0.4, -0.2) is 87.5 Å². The smallest absolute Gasteiger partial charge is 0.220 e. The molecule has 1 rings (SSSR count). The first kappa shape index (κ1) is 82.4. The van der Waals surface area contributed by atoms with Gasteiger partial charge in [-0.15, -0.1) is 0 Å². The SMILES string of the molecule is CCCCCCCCCCCCCCCCCCCCCCCCC/C=C/CC/C=C/CC/C=C/C(O)C(COC1OC(CO)C(O)C(O)C1O)NC(=O)CCCCCCCCCCCCCCCCCCCCCCCCCCCCCCCC. The Hall–Kier alpha value is -1.59. The summed E-state index contributed by atoms with van der Waals surface area (Å²) >= 11 is 0. The molecular formula is C77H147NO8. The quantitative estimate of drug-likeness (QED) is 0.0261. The lowest BCUT2D eigenvalue weighted by molar-refractivity contribution is -0.302. The van der Waals surface area contributed by atoms with E-state index in [2.05, 4.69) is 43.5 Å². The number of carbonyl (C=O) groups is 1. The van der Waals surface area contributed by atoms with E-state index >= 15 is 0 Å². The third kappa shape index (κ3) is 54.2. The normalized spacial score (nSPS) is 18.2. The second-order valence-electron chi connectivity index (χ2n) is 26.8. The van der Waals surface area contributed by atoms with Gasteiger partial charge in [0.15, 0.2) is 6.29 Å². The Morgan fingerprint density at radius 2 is 0.663 bits per heavy atom. The molecule has 9 nitrogen and oxygen atoms in total. The minimum atomic E-state index is -1.58. The lowest BCUT2D eigenvalue weighted by atomic mass is 9.99. The molecule has 0 saturated carbocycles. The standard InChI is InChI=1S/C77H147NO8/c1-3-5-7-9-11-13-15-17-19-21-23-25-27-29-31-33-35-36-37-38-40-42-44-46-48-50-52-54-56-58-60-62-64-66-71(80)70(69-85-77-76(84)75(83)74(82)72(68-79)86-77)78-73(81)67-65-63-61-59-57-55-53-51-49-47-45-43-41-39-34-32-30-28-26-24-22-20-18-16-14-12-10-8-6-4-2/h48,50,56,58,64,66,70-72,74-77,79-80,82-84H,3-47,49,51-55,57,59-63,65,67-69H2,1-2H3,(H,78,81)/b50-48+,58-56+,66-64+. The average molecular weight is 1220 g/mol. The number of amides is 1. The zero-order valence-electron chi connectivity index (χ0n) is 57.1. The fraction of sp³-hybridized carbons (Fsp3) is 0.909. The summed E-state index contributed by atoms with van der Waals surface area (Å²) in [6.45, 7) is 3.82. The van der Waals surface area contributed by atoms with E-state index < -0.39 is 49.5 Å². The van der Waals surface area contributed by atoms with Crippen LogP contribution < -0.4 is 5.32 Å². The van der Waals surface area contributed by atoms with Crippen LogP contribution in [-0.2, 0) is 14.3 Å². The van der Waals surface area contributed by atoms with Gasteiger partial charge in [0.2, 0.25) is 5.91 Å². The lowest BCUT2D eigenvalue weighted by Gasteiger charge is -2.40. The predicted molar refractivity (Wildman–Crippen MR) is 369 cm³/mol. The highest BCUT2D eigenvalue weighted by atomic mass is 16.7. The molecule has 1 aliphatic heterocycles. The molecule has 0 aromatic heterocycles. The molecule has 508 valence electrons. The Kier molecular flexibility index (Phi) is 63.6. The van der Waals surface area contributed by atoms with E-state index in [0.717, 1.165) is 44.9 Å². The Morgan fingerprint density at radius 1 is 0.384 bits per heavy atom. The summed E-state index contributed by atoms with van der Waals surface area (Å²) < 4.78 is 11.3. The molecule has 0 bridgehead atoms. The molecular weight excluding hydrogens is 1070 g/mol. The van der Waals surface area contributed by atoms with E-state index in [9.17, 15) is 30.3 Å². The summed E-state index contributed by atoms with van der Waals surface area (Å²) in [5.74, 6) is -0.182. The number of unbranched alkanes of at least 4 members (excludes halogenated alkanes) is 54. The van der Waals surface area contributed by atoms with Crippen LogP contribution in [0.5, 0.6) is 0 Å². The van der Waals surface area contributed by atoms with Crippen molar-refractivity contribution in [2.45, 2.75) is 436 Å². The summed E-state index contributed by atoms with van der Waals surface area (Å²) in [6.07, 6.45) is 82.9.